The highest BCUT2D eigenvalue weighted by molar-refractivity contribution is 5.59. The molecule has 90 valence electrons. The lowest BCUT2D eigenvalue weighted by Gasteiger charge is -2.21. The average molecular weight is 234 g/mol. The van der Waals surface area contributed by atoms with Gasteiger partial charge in [-0.3, -0.25) is 10.1 Å². The van der Waals surface area contributed by atoms with Crippen molar-refractivity contribution in [2.75, 3.05) is 12.4 Å². The second-order valence-corrected chi connectivity index (χ2v) is 4.04. The minimum atomic E-state index is -0.527. The summed E-state index contributed by atoms with van der Waals surface area (Å²) in [5.41, 5.74) is 0.0770. The van der Waals surface area contributed by atoms with E-state index in [0.29, 0.717) is 5.69 Å². The second kappa shape index (κ2) is 4.74. The number of terminal acetylenes is 1. The van der Waals surface area contributed by atoms with Gasteiger partial charge in [0.1, 0.15) is 0 Å². The number of nitro groups is 1. The zero-order chi connectivity index (χ0) is 13.1. The van der Waals surface area contributed by atoms with Gasteiger partial charge in [0, 0.05) is 17.8 Å². The summed E-state index contributed by atoms with van der Waals surface area (Å²) in [6.45, 7) is 3.67. The SMILES string of the molecule is C#CC(C)(C)Nc1ccc([N+](=O)[O-])c(OC)c1. The molecule has 0 spiro atoms. The molecule has 0 heterocycles. The van der Waals surface area contributed by atoms with Crippen molar-refractivity contribution in [1.82, 2.24) is 0 Å². The van der Waals surface area contributed by atoms with Crippen molar-refractivity contribution < 1.29 is 9.66 Å². The van der Waals surface area contributed by atoms with Crippen LogP contribution < -0.4 is 10.1 Å². The number of hydrogen-bond acceptors (Lipinski definition) is 4. The number of benzene rings is 1. The van der Waals surface area contributed by atoms with Crippen LogP contribution in [0.15, 0.2) is 18.2 Å². The molecule has 0 bridgehead atoms. The van der Waals surface area contributed by atoms with E-state index in [4.69, 9.17) is 11.2 Å². The summed E-state index contributed by atoms with van der Waals surface area (Å²) in [6.07, 6.45) is 5.35. The van der Waals surface area contributed by atoms with Crippen molar-refractivity contribution in [2.24, 2.45) is 0 Å². The molecule has 1 aromatic rings. The van der Waals surface area contributed by atoms with E-state index < -0.39 is 10.5 Å². The maximum absolute atomic E-state index is 10.7. The molecule has 0 aromatic heterocycles. The van der Waals surface area contributed by atoms with E-state index in [1.54, 1.807) is 12.1 Å². The van der Waals surface area contributed by atoms with Crippen LogP contribution in [0.3, 0.4) is 0 Å². The summed E-state index contributed by atoms with van der Waals surface area (Å²) in [6, 6.07) is 4.53. The molecule has 1 rings (SSSR count). The van der Waals surface area contributed by atoms with E-state index in [-0.39, 0.29) is 11.4 Å². The Morgan fingerprint density at radius 2 is 2.18 bits per heavy atom. The molecular weight excluding hydrogens is 220 g/mol. The Labute approximate surface area is 99.9 Å². The highest BCUT2D eigenvalue weighted by atomic mass is 16.6. The van der Waals surface area contributed by atoms with Crippen LogP contribution in [0.1, 0.15) is 13.8 Å². The minimum absolute atomic E-state index is 0.0726. The van der Waals surface area contributed by atoms with Gasteiger partial charge >= 0.3 is 5.69 Å². The summed E-state index contributed by atoms with van der Waals surface area (Å²) >= 11 is 0. The molecule has 5 heteroatoms. The fraction of sp³-hybridized carbons (Fsp3) is 0.333. The van der Waals surface area contributed by atoms with Gasteiger partial charge in [-0.1, -0.05) is 5.92 Å². The van der Waals surface area contributed by atoms with E-state index in [1.807, 2.05) is 13.8 Å². The van der Waals surface area contributed by atoms with E-state index in [2.05, 4.69) is 11.2 Å². The van der Waals surface area contributed by atoms with E-state index in [0.717, 1.165) is 0 Å². The first kappa shape index (κ1) is 12.8. The molecular formula is C12H14N2O3. The highest BCUT2D eigenvalue weighted by Crippen LogP contribution is 2.30. The molecule has 0 amide bonds. The summed E-state index contributed by atoms with van der Waals surface area (Å²) in [7, 11) is 1.39. The van der Waals surface area contributed by atoms with Crippen molar-refractivity contribution in [2.45, 2.75) is 19.4 Å². The average Bonchev–Trinajstić information content (AvgIpc) is 2.28. The van der Waals surface area contributed by atoms with Gasteiger partial charge in [-0.05, 0) is 19.9 Å². The third-order valence-corrected chi connectivity index (χ3v) is 2.19. The van der Waals surface area contributed by atoms with Crippen molar-refractivity contribution in [3.63, 3.8) is 0 Å². The van der Waals surface area contributed by atoms with Gasteiger partial charge in [-0.15, -0.1) is 6.42 Å². The molecule has 0 aliphatic heterocycles. The van der Waals surface area contributed by atoms with Crippen LogP contribution in [0.2, 0.25) is 0 Å². The lowest BCUT2D eigenvalue weighted by Crippen LogP contribution is -2.28. The smallest absolute Gasteiger partial charge is 0.311 e. The number of hydrogen-bond donors (Lipinski definition) is 1. The Morgan fingerprint density at radius 1 is 1.53 bits per heavy atom. The Hall–Kier alpha value is -2.22. The molecule has 0 radical (unpaired) electrons. The van der Waals surface area contributed by atoms with Gasteiger partial charge in [-0.2, -0.15) is 0 Å². The molecule has 0 saturated carbocycles. The Kier molecular flexibility index (Phi) is 3.59. The second-order valence-electron chi connectivity index (χ2n) is 4.04. The Bertz CT molecular complexity index is 475. The number of nitrogens with zero attached hydrogens (tertiary/aromatic N) is 1. The first-order chi connectivity index (χ1) is 7.89. The summed E-state index contributed by atoms with van der Waals surface area (Å²) in [5, 5.41) is 13.8. The van der Waals surface area contributed by atoms with Gasteiger partial charge in [-0.25, -0.2) is 0 Å². The molecule has 0 fully saturated rings. The quantitative estimate of drug-likeness (QED) is 0.493. The predicted molar refractivity (Wildman–Crippen MR) is 66.2 cm³/mol. The fourth-order valence-corrected chi connectivity index (χ4v) is 1.30. The Morgan fingerprint density at radius 3 is 2.65 bits per heavy atom. The number of rotatable bonds is 4. The normalized spacial score (nSPS) is 10.5. The van der Waals surface area contributed by atoms with Crippen molar-refractivity contribution in [1.29, 1.82) is 0 Å². The summed E-state index contributed by atoms with van der Waals surface area (Å²) in [4.78, 5) is 10.2. The monoisotopic (exact) mass is 234 g/mol. The molecule has 0 aliphatic rings. The van der Waals surface area contributed by atoms with Gasteiger partial charge in [0.25, 0.3) is 0 Å². The van der Waals surface area contributed by atoms with Crippen LogP contribution >= 0.6 is 0 Å². The lowest BCUT2D eigenvalue weighted by molar-refractivity contribution is -0.385. The summed E-state index contributed by atoms with van der Waals surface area (Å²) < 4.78 is 4.96. The van der Waals surface area contributed by atoms with Gasteiger partial charge in [0.15, 0.2) is 5.75 Å². The maximum Gasteiger partial charge on any atom is 0.311 e. The van der Waals surface area contributed by atoms with Crippen molar-refractivity contribution in [3.05, 3.63) is 28.3 Å². The topological polar surface area (TPSA) is 64.4 Å². The van der Waals surface area contributed by atoms with Crippen LogP contribution in [0.4, 0.5) is 11.4 Å². The van der Waals surface area contributed by atoms with E-state index >= 15 is 0 Å². The number of anilines is 1. The Balaban J connectivity index is 3.07. The first-order valence-electron chi connectivity index (χ1n) is 4.98. The molecule has 0 unspecified atom stereocenters. The number of nitro benzene ring substituents is 1. The molecule has 0 atom stereocenters. The lowest BCUT2D eigenvalue weighted by atomic mass is 10.1. The summed E-state index contributed by atoms with van der Waals surface area (Å²) in [5.74, 6) is 2.78. The maximum atomic E-state index is 10.7. The molecule has 1 aromatic carbocycles. The fourth-order valence-electron chi connectivity index (χ4n) is 1.30. The number of ether oxygens (including phenoxy) is 1. The standard InChI is InChI=1S/C12H14N2O3/c1-5-12(2,3)13-9-6-7-10(14(15)16)11(8-9)17-4/h1,6-8,13H,2-4H3. The molecule has 0 saturated heterocycles. The first-order valence-corrected chi connectivity index (χ1v) is 4.98. The molecule has 1 N–H and O–H groups in total. The predicted octanol–water partition coefficient (Wildman–Crippen LogP) is 2.43. The number of methoxy groups -OCH3 is 1. The van der Waals surface area contributed by atoms with Gasteiger partial charge < -0.3 is 10.1 Å². The van der Waals surface area contributed by atoms with Crippen molar-refractivity contribution in [3.8, 4) is 18.1 Å². The zero-order valence-electron chi connectivity index (χ0n) is 9.98. The third kappa shape index (κ3) is 3.11. The largest absolute Gasteiger partial charge is 0.490 e. The minimum Gasteiger partial charge on any atom is -0.490 e. The number of nitrogens with one attached hydrogen (secondary N) is 1. The van der Waals surface area contributed by atoms with Crippen LogP contribution in [0, 0.1) is 22.5 Å². The van der Waals surface area contributed by atoms with Gasteiger partial charge in [0.05, 0.1) is 17.6 Å². The zero-order valence-corrected chi connectivity index (χ0v) is 9.98. The van der Waals surface area contributed by atoms with Crippen LogP contribution in [-0.2, 0) is 0 Å². The van der Waals surface area contributed by atoms with Crippen LogP contribution in [0.5, 0.6) is 5.75 Å². The van der Waals surface area contributed by atoms with Crippen LogP contribution in [-0.4, -0.2) is 17.6 Å². The highest BCUT2D eigenvalue weighted by Gasteiger charge is 2.18. The van der Waals surface area contributed by atoms with Gasteiger partial charge in [0.2, 0.25) is 0 Å². The van der Waals surface area contributed by atoms with Crippen molar-refractivity contribution >= 4 is 11.4 Å². The molecule has 0 aliphatic carbocycles. The molecule has 5 nitrogen and oxygen atoms in total. The van der Waals surface area contributed by atoms with E-state index in [9.17, 15) is 10.1 Å². The van der Waals surface area contributed by atoms with E-state index in [1.165, 1.54) is 13.2 Å². The third-order valence-electron chi connectivity index (χ3n) is 2.19. The molecule has 17 heavy (non-hydrogen) atoms. The van der Waals surface area contributed by atoms with Crippen LogP contribution in [0.25, 0.3) is 0 Å².